The van der Waals surface area contributed by atoms with E-state index in [1.54, 1.807) is 0 Å². The molecule has 1 fully saturated rings. The van der Waals surface area contributed by atoms with E-state index in [0.29, 0.717) is 23.8 Å². The van der Waals surface area contributed by atoms with Crippen LogP contribution in [-0.2, 0) is 4.79 Å². The molecule has 1 atom stereocenters. The third kappa shape index (κ3) is 8.84. The molecule has 2 rings (SSSR count). The molecule has 0 aliphatic heterocycles. The number of carbonyl (C=O) groups excluding carboxylic acids is 2. The van der Waals surface area contributed by atoms with Gasteiger partial charge < -0.3 is 16.0 Å². The molecule has 3 N–H and O–H groups in total. The van der Waals surface area contributed by atoms with Gasteiger partial charge in [0.25, 0.3) is 5.91 Å². The first kappa shape index (κ1) is 24.8. The van der Waals surface area contributed by atoms with Gasteiger partial charge in [-0.2, -0.15) is 0 Å². The highest BCUT2D eigenvalue weighted by Crippen LogP contribution is 2.24. The molecular weight excluding hydrogens is 394 g/mol. The van der Waals surface area contributed by atoms with Crippen LogP contribution in [0.25, 0.3) is 0 Å². The molecule has 28 heavy (non-hydrogen) atoms. The number of benzene rings is 1. The van der Waals surface area contributed by atoms with Crippen molar-refractivity contribution in [3.05, 3.63) is 29.8 Å². The fourth-order valence-electron chi connectivity index (χ4n) is 3.39. The van der Waals surface area contributed by atoms with Crippen LogP contribution in [0.1, 0.15) is 56.3 Å². The van der Waals surface area contributed by atoms with Crippen LogP contribution in [0.2, 0.25) is 0 Å². The van der Waals surface area contributed by atoms with Crippen molar-refractivity contribution in [2.24, 2.45) is 5.92 Å². The minimum Gasteiger partial charge on any atom is -0.355 e. The molecule has 1 saturated carbocycles. The summed E-state index contributed by atoms with van der Waals surface area (Å²) in [6, 6.07) is 7.71. The topological polar surface area (TPSA) is 70.2 Å². The quantitative estimate of drug-likeness (QED) is 0.499. The Hall–Kier alpha value is -1.24. The summed E-state index contributed by atoms with van der Waals surface area (Å²) in [5.41, 5.74) is 0.631. The molecule has 7 heteroatoms. The summed E-state index contributed by atoms with van der Waals surface area (Å²) in [4.78, 5) is 25.5. The van der Waals surface area contributed by atoms with Gasteiger partial charge in [0.2, 0.25) is 5.91 Å². The number of halogens is 1. The van der Waals surface area contributed by atoms with Crippen LogP contribution in [-0.4, -0.2) is 43.2 Å². The number of rotatable bonds is 10. The van der Waals surface area contributed by atoms with Crippen LogP contribution in [0.4, 0.5) is 0 Å². The van der Waals surface area contributed by atoms with Gasteiger partial charge in [-0.05, 0) is 44.4 Å². The van der Waals surface area contributed by atoms with Crippen molar-refractivity contribution in [1.29, 1.82) is 0 Å². The Morgan fingerprint density at radius 3 is 2.57 bits per heavy atom. The summed E-state index contributed by atoms with van der Waals surface area (Å²) in [6.45, 7) is 6.32. The van der Waals surface area contributed by atoms with Crippen LogP contribution in [0, 0.1) is 5.92 Å². The Labute approximate surface area is 179 Å². The first-order valence-corrected chi connectivity index (χ1v) is 11.1. The van der Waals surface area contributed by atoms with Gasteiger partial charge in [-0.15, -0.1) is 24.2 Å². The lowest BCUT2D eigenvalue weighted by Crippen LogP contribution is -2.38. The van der Waals surface area contributed by atoms with E-state index in [0.717, 1.165) is 18.0 Å². The Morgan fingerprint density at radius 2 is 1.86 bits per heavy atom. The maximum Gasteiger partial charge on any atom is 0.252 e. The predicted molar refractivity (Wildman–Crippen MR) is 119 cm³/mol. The van der Waals surface area contributed by atoms with Gasteiger partial charge in [0.15, 0.2) is 0 Å². The fourth-order valence-corrected chi connectivity index (χ4v) is 4.27. The summed E-state index contributed by atoms with van der Waals surface area (Å²) < 4.78 is 0. The van der Waals surface area contributed by atoms with E-state index in [1.807, 2.05) is 38.1 Å². The average molecular weight is 428 g/mol. The predicted octanol–water partition coefficient (Wildman–Crippen LogP) is 3.62. The van der Waals surface area contributed by atoms with E-state index in [2.05, 4.69) is 16.0 Å². The fraction of sp³-hybridized carbons (Fsp3) is 0.619. The van der Waals surface area contributed by atoms with E-state index >= 15 is 0 Å². The Balaban J connectivity index is 0.00000392. The lowest BCUT2D eigenvalue weighted by atomic mass is 9.89. The molecule has 0 saturated heterocycles. The molecule has 0 unspecified atom stereocenters. The van der Waals surface area contributed by atoms with Gasteiger partial charge in [0, 0.05) is 24.0 Å². The first-order valence-electron chi connectivity index (χ1n) is 10.1. The summed E-state index contributed by atoms with van der Waals surface area (Å²) in [5.74, 6) is 0.918. The molecule has 2 amide bonds. The molecule has 0 spiro atoms. The molecule has 158 valence electrons. The van der Waals surface area contributed by atoms with Crippen LogP contribution in [0.15, 0.2) is 29.2 Å². The van der Waals surface area contributed by atoms with Crippen molar-refractivity contribution in [2.75, 3.05) is 25.4 Å². The van der Waals surface area contributed by atoms with Gasteiger partial charge in [-0.25, -0.2) is 0 Å². The maximum absolute atomic E-state index is 12.5. The minimum atomic E-state index is -0.0922. The summed E-state index contributed by atoms with van der Waals surface area (Å²) in [6.07, 6.45) is 6.34. The van der Waals surface area contributed by atoms with E-state index in [-0.39, 0.29) is 30.3 Å². The van der Waals surface area contributed by atoms with Crippen molar-refractivity contribution in [1.82, 2.24) is 16.0 Å². The second-order valence-electron chi connectivity index (χ2n) is 7.26. The number of amides is 2. The van der Waals surface area contributed by atoms with Crippen LogP contribution >= 0.6 is 24.2 Å². The number of thioether (sulfide) groups is 1. The smallest absolute Gasteiger partial charge is 0.252 e. The standard InChI is InChI=1S/C21H33N3O2S.ClH/c1-3-22-16(2)13-24-21(26)18-11-7-8-12-19(18)27-15-20(25)23-14-17-9-5-4-6-10-17;/h7-8,11-12,16-17,22H,3-6,9-10,13-15H2,1-2H3,(H,23,25)(H,24,26);1H/t16-;/m1./s1. The Bertz CT molecular complexity index is 609. The SMILES string of the molecule is CCN[C@H](C)CNC(=O)c1ccccc1SCC(=O)NCC1CCCCC1.Cl. The van der Waals surface area contributed by atoms with E-state index < -0.39 is 0 Å². The molecular formula is C21H34ClN3O2S. The Morgan fingerprint density at radius 1 is 1.14 bits per heavy atom. The van der Waals surface area contributed by atoms with Crippen LogP contribution in [0.5, 0.6) is 0 Å². The zero-order valence-electron chi connectivity index (χ0n) is 17.0. The molecule has 1 aliphatic rings. The molecule has 1 aromatic carbocycles. The van der Waals surface area contributed by atoms with Crippen molar-refractivity contribution in [3.63, 3.8) is 0 Å². The highest BCUT2D eigenvalue weighted by atomic mass is 35.5. The molecule has 0 radical (unpaired) electrons. The molecule has 1 aromatic rings. The van der Waals surface area contributed by atoms with Gasteiger partial charge in [0.1, 0.15) is 0 Å². The number of hydrogen-bond donors (Lipinski definition) is 3. The van der Waals surface area contributed by atoms with Gasteiger partial charge >= 0.3 is 0 Å². The maximum atomic E-state index is 12.5. The highest BCUT2D eigenvalue weighted by molar-refractivity contribution is 8.00. The number of hydrogen-bond acceptors (Lipinski definition) is 4. The molecule has 1 aliphatic carbocycles. The third-order valence-electron chi connectivity index (χ3n) is 4.92. The lowest BCUT2D eigenvalue weighted by molar-refractivity contribution is -0.118. The van der Waals surface area contributed by atoms with Crippen molar-refractivity contribution >= 4 is 36.0 Å². The van der Waals surface area contributed by atoms with E-state index in [1.165, 1.54) is 43.9 Å². The van der Waals surface area contributed by atoms with E-state index in [4.69, 9.17) is 0 Å². The summed E-state index contributed by atoms with van der Waals surface area (Å²) in [5, 5.41) is 9.30. The zero-order chi connectivity index (χ0) is 19.5. The normalized spacial score (nSPS) is 15.4. The van der Waals surface area contributed by atoms with Gasteiger partial charge in [-0.1, -0.05) is 38.3 Å². The first-order chi connectivity index (χ1) is 13.1. The Kier molecular flexibility index (Phi) is 12.3. The van der Waals surface area contributed by atoms with Crippen LogP contribution in [0.3, 0.4) is 0 Å². The van der Waals surface area contributed by atoms with Crippen molar-refractivity contribution in [2.45, 2.75) is 56.9 Å². The summed E-state index contributed by atoms with van der Waals surface area (Å²) in [7, 11) is 0. The molecule has 0 aromatic heterocycles. The van der Waals surface area contributed by atoms with Crippen molar-refractivity contribution < 1.29 is 9.59 Å². The minimum absolute atomic E-state index is 0. The lowest BCUT2D eigenvalue weighted by Gasteiger charge is -2.21. The number of likely N-dealkylation sites (N-methyl/N-ethyl adjacent to an activating group) is 1. The monoisotopic (exact) mass is 427 g/mol. The molecule has 5 nitrogen and oxygen atoms in total. The summed E-state index contributed by atoms with van der Waals surface area (Å²) >= 11 is 1.43. The molecule has 0 bridgehead atoms. The second-order valence-corrected chi connectivity index (χ2v) is 8.28. The largest absolute Gasteiger partial charge is 0.355 e. The van der Waals surface area contributed by atoms with Crippen molar-refractivity contribution in [3.8, 4) is 0 Å². The zero-order valence-corrected chi connectivity index (χ0v) is 18.6. The third-order valence-corrected chi connectivity index (χ3v) is 6.00. The van der Waals surface area contributed by atoms with Gasteiger partial charge in [0.05, 0.1) is 11.3 Å². The van der Waals surface area contributed by atoms with E-state index in [9.17, 15) is 9.59 Å². The highest BCUT2D eigenvalue weighted by Gasteiger charge is 2.16. The number of carbonyl (C=O) groups is 2. The number of nitrogens with one attached hydrogen (secondary N) is 3. The average Bonchev–Trinajstić information content (AvgIpc) is 2.70. The molecule has 0 heterocycles. The van der Waals surface area contributed by atoms with Gasteiger partial charge in [-0.3, -0.25) is 9.59 Å². The van der Waals surface area contributed by atoms with Crippen LogP contribution < -0.4 is 16.0 Å². The second kappa shape index (κ2) is 13.9.